The average molecular weight is 537 g/mol. The molecule has 8 heteroatoms. The molecule has 1 aliphatic carbocycles. The van der Waals surface area contributed by atoms with Gasteiger partial charge in [0, 0.05) is 23.4 Å². The number of anilines is 1. The standard InChI is InChI=1S/C27H25BrN2O5/c1-16(12-25(31)30-24-11-10-17(26(32)33)13-23(24)28)14-29-27(34)35-15-22-20-8-4-2-6-18(20)19-7-3-5-9-21(19)22/h2-11,13,16,22H,12,14-15H2,1H3,(H,29,34)(H,30,31)(H,32,33). The van der Waals surface area contributed by atoms with Crippen molar-refractivity contribution in [3.63, 3.8) is 0 Å². The van der Waals surface area contributed by atoms with E-state index in [0.717, 1.165) is 11.1 Å². The maximum Gasteiger partial charge on any atom is 0.407 e. The van der Waals surface area contributed by atoms with Crippen molar-refractivity contribution in [2.45, 2.75) is 19.3 Å². The summed E-state index contributed by atoms with van der Waals surface area (Å²) < 4.78 is 6.01. The highest BCUT2D eigenvalue weighted by molar-refractivity contribution is 9.10. The number of carbonyl (C=O) groups is 3. The second-order valence-electron chi connectivity index (χ2n) is 8.56. The smallest absolute Gasteiger partial charge is 0.407 e. The van der Waals surface area contributed by atoms with E-state index in [1.54, 1.807) is 0 Å². The molecule has 3 aromatic rings. The van der Waals surface area contributed by atoms with E-state index in [1.165, 1.54) is 29.3 Å². The summed E-state index contributed by atoms with van der Waals surface area (Å²) in [4.78, 5) is 35.8. The Labute approximate surface area is 211 Å². The molecule has 7 nitrogen and oxygen atoms in total. The molecule has 1 aliphatic rings. The number of nitrogens with one attached hydrogen (secondary N) is 2. The number of rotatable bonds is 8. The second kappa shape index (κ2) is 10.7. The number of amides is 2. The first-order valence-electron chi connectivity index (χ1n) is 11.2. The number of aromatic carboxylic acids is 1. The first-order chi connectivity index (χ1) is 16.8. The van der Waals surface area contributed by atoms with Gasteiger partial charge in [-0.2, -0.15) is 0 Å². The van der Waals surface area contributed by atoms with Crippen molar-refractivity contribution >= 4 is 39.6 Å². The molecule has 0 aromatic heterocycles. The summed E-state index contributed by atoms with van der Waals surface area (Å²) in [6.07, 6.45) is -0.345. The van der Waals surface area contributed by atoms with Gasteiger partial charge in [-0.05, 0) is 62.3 Å². The van der Waals surface area contributed by atoms with E-state index in [0.29, 0.717) is 10.2 Å². The maximum absolute atomic E-state index is 12.4. The Morgan fingerprint density at radius 3 is 2.23 bits per heavy atom. The van der Waals surface area contributed by atoms with E-state index in [9.17, 15) is 14.4 Å². The Morgan fingerprint density at radius 2 is 1.63 bits per heavy atom. The molecule has 35 heavy (non-hydrogen) atoms. The third-order valence-electron chi connectivity index (χ3n) is 5.96. The van der Waals surface area contributed by atoms with Gasteiger partial charge in [-0.3, -0.25) is 4.79 Å². The molecule has 0 saturated heterocycles. The van der Waals surface area contributed by atoms with E-state index in [2.05, 4.69) is 50.8 Å². The van der Waals surface area contributed by atoms with Crippen molar-refractivity contribution in [1.29, 1.82) is 0 Å². The molecule has 1 atom stereocenters. The molecule has 2 amide bonds. The van der Waals surface area contributed by atoms with E-state index < -0.39 is 12.1 Å². The predicted molar refractivity (Wildman–Crippen MR) is 137 cm³/mol. The molecule has 180 valence electrons. The van der Waals surface area contributed by atoms with Gasteiger partial charge in [0.1, 0.15) is 6.61 Å². The van der Waals surface area contributed by atoms with Gasteiger partial charge in [0.15, 0.2) is 0 Å². The Hall–Kier alpha value is -3.65. The summed E-state index contributed by atoms with van der Waals surface area (Å²) in [5, 5.41) is 14.5. The topological polar surface area (TPSA) is 105 Å². The largest absolute Gasteiger partial charge is 0.478 e. The lowest BCUT2D eigenvalue weighted by Gasteiger charge is -2.16. The Bertz CT molecular complexity index is 1230. The zero-order valence-corrected chi connectivity index (χ0v) is 20.7. The minimum absolute atomic E-state index is 0.0117. The van der Waals surface area contributed by atoms with Crippen molar-refractivity contribution < 1.29 is 24.2 Å². The van der Waals surface area contributed by atoms with Crippen LogP contribution in [0.5, 0.6) is 0 Å². The Morgan fingerprint density at radius 1 is 1.00 bits per heavy atom. The highest BCUT2D eigenvalue weighted by atomic mass is 79.9. The molecule has 0 spiro atoms. The monoisotopic (exact) mass is 536 g/mol. The highest BCUT2D eigenvalue weighted by Gasteiger charge is 2.29. The van der Waals surface area contributed by atoms with Crippen LogP contribution in [0.4, 0.5) is 10.5 Å². The molecule has 3 N–H and O–H groups in total. The fourth-order valence-corrected chi connectivity index (χ4v) is 4.72. The molecule has 0 aliphatic heterocycles. The van der Waals surface area contributed by atoms with E-state index in [-0.39, 0.29) is 42.9 Å². The second-order valence-corrected chi connectivity index (χ2v) is 9.42. The van der Waals surface area contributed by atoms with Crippen molar-refractivity contribution in [2.24, 2.45) is 5.92 Å². The molecule has 0 heterocycles. The molecule has 3 aromatic carbocycles. The molecule has 1 unspecified atom stereocenters. The van der Waals surface area contributed by atoms with E-state index in [4.69, 9.17) is 9.84 Å². The van der Waals surface area contributed by atoms with Gasteiger partial charge in [0.25, 0.3) is 0 Å². The summed E-state index contributed by atoms with van der Waals surface area (Å²) in [5.41, 5.74) is 5.23. The van der Waals surface area contributed by atoms with Crippen LogP contribution in [0.3, 0.4) is 0 Å². The number of hydrogen-bond acceptors (Lipinski definition) is 4. The lowest BCUT2D eigenvalue weighted by atomic mass is 9.98. The van der Waals surface area contributed by atoms with Gasteiger partial charge >= 0.3 is 12.1 Å². The first-order valence-corrected chi connectivity index (χ1v) is 12.0. The quantitative estimate of drug-likeness (QED) is 0.345. The molecule has 0 fully saturated rings. The van der Waals surface area contributed by atoms with Crippen molar-refractivity contribution in [3.8, 4) is 11.1 Å². The van der Waals surface area contributed by atoms with Gasteiger partial charge in [0.2, 0.25) is 5.91 Å². The molecule has 0 radical (unpaired) electrons. The van der Waals surface area contributed by atoms with Crippen LogP contribution in [0.25, 0.3) is 11.1 Å². The number of alkyl carbamates (subject to hydrolysis) is 1. The van der Waals surface area contributed by atoms with Gasteiger partial charge in [-0.1, -0.05) is 55.5 Å². The van der Waals surface area contributed by atoms with Crippen molar-refractivity contribution in [2.75, 3.05) is 18.5 Å². The third-order valence-corrected chi connectivity index (χ3v) is 6.62. The number of halogens is 1. The van der Waals surface area contributed by atoms with Gasteiger partial charge in [-0.15, -0.1) is 0 Å². The highest BCUT2D eigenvalue weighted by Crippen LogP contribution is 2.44. The number of fused-ring (bicyclic) bond motifs is 3. The number of carboxylic acid groups (broad SMARTS) is 1. The third kappa shape index (κ3) is 5.71. The van der Waals surface area contributed by atoms with Crippen LogP contribution in [-0.4, -0.2) is 36.2 Å². The summed E-state index contributed by atoms with van der Waals surface area (Å²) in [6, 6.07) is 20.7. The Kier molecular flexibility index (Phi) is 7.51. The number of ether oxygens (including phenoxy) is 1. The summed E-state index contributed by atoms with van der Waals surface area (Å²) in [6.45, 7) is 2.37. The fourth-order valence-electron chi connectivity index (χ4n) is 4.25. The average Bonchev–Trinajstić information content (AvgIpc) is 3.16. The van der Waals surface area contributed by atoms with Crippen LogP contribution in [0.2, 0.25) is 0 Å². The minimum atomic E-state index is -1.04. The normalized spacial score (nSPS) is 12.9. The van der Waals surface area contributed by atoms with Gasteiger partial charge in [-0.25, -0.2) is 9.59 Å². The fraction of sp³-hybridized carbons (Fsp3) is 0.222. The minimum Gasteiger partial charge on any atom is -0.478 e. The maximum atomic E-state index is 12.4. The van der Waals surface area contributed by atoms with Crippen LogP contribution in [-0.2, 0) is 9.53 Å². The zero-order chi connectivity index (χ0) is 24.9. The predicted octanol–water partition coefficient (Wildman–Crippen LogP) is 5.65. The van der Waals surface area contributed by atoms with Crippen LogP contribution in [0.1, 0.15) is 40.7 Å². The lowest BCUT2D eigenvalue weighted by Crippen LogP contribution is -2.31. The molecular weight excluding hydrogens is 512 g/mol. The van der Waals surface area contributed by atoms with Crippen molar-refractivity contribution in [3.05, 3.63) is 87.9 Å². The molecule has 0 saturated carbocycles. The number of carboxylic acids is 1. The Balaban J connectivity index is 1.25. The van der Waals surface area contributed by atoms with Crippen LogP contribution in [0.15, 0.2) is 71.2 Å². The molecular formula is C27H25BrN2O5. The lowest BCUT2D eigenvalue weighted by molar-refractivity contribution is -0.116. The van der Waals surface area contributed by atoms with Gasteiger partial charge in [0.05, 0.1) is 11.3 Å². The number of benzene rings is 3. The van der Waals surface area contributed by atoms with Gasteiger partial charge < -0.3 is 20.5 Å². The van der Waals surface area contributed by atoms with Crippen LogP contribution in [0, 0.1) is 5.92 Å². The van der Waals surface area contributed by atoms with Crippen LogP contribution >= 0.6 is 15.9 Å². The number of hydrogen-bond donors (Lipinski definition) is 3. The molecule has 4 rings (SSSR count). The van der Waals surface area contributed by atoms with E-state index >= 15 is 0 Å². The van der Waals surface area contributed by atoms with Crippen LogP contribution < -0.4 is 10.6 Å². The summed E-state index contributed by atoms with van der Waals surface area (Å²) in [5.74, 6) is -1.43. The molecule has 0 bridgehead atoms. The SMILES string of the molecule is CC(CNC(=O)OCC1c2ccccc2-c2ccccc21)CC(=O)Nc1ccc(C(=O)O)cc1Br. The van der Waals surface area contributed by atoms with E-state index in [1.807, 2.05) is 31.2 Å². The zero-order valence-electron chi connectivity index (χ0n) is 19.1. The summed E-state index contributed by atoms with van der Waals surface area (Å²) >= 11 is 3.27. The van der Waals surface area contributed by atoms with Crippen molar-refractivity contribution in [1.82, 2.24) is 5.32 Å². The number of carbonyl (C=O) groups excluding carboxylic acids is 2. The first kappa shape index (κ1) is 24.5. The summed E-state index contributed by atoms with van der Waals surface area (Å²) in [7, 11) is 0.